The molecule has 25 heavy (non-hydrogen) atoms. The number of oxime groups is 1. The number of halogens is 2. The van der Waals surface area contributed by atoms with E-state index < -0.39 is 17.2 Å². The molecule has 0 aliphatic carbocycles. The molecular weight excluding hydrogens is 324 g/mol. The lowest BCUT2D eigenvalue weighted by Gasteiger charge is -2.37. The molecular formula is C20H21F2NO2. The minimum Gasteiger partial charge on any atom is -0.392 e. The van der Waals surface area contributed by atoms with Crippen LogP contribution >= 0.6 is 0 Å². The van der Waals surface area contributed by atoms with Crippen LogP contribution in [0.1, 0.15) is 37.8 Å². The van der Waals surface area contributed by atoms with Gasteiger partial charge in [0.1, 0.15) is 29.1 Å². The molecule has 2 aromatic carbocycles. The first-order chi connectivity index (χ1) is 12.0. The first kappa shape index (κ1) is 17.5. The summed E-state index contributed by atoms with van der Waals surface area (Å²) in [7, 11) is 0. The second-order valence-electron chi connectivity index (χ2n) is 6.37. The second kappa shape index (κ2) is 7.31. The molecule has 0 aromatic heterocycles. The maximum atomic E-state index is 13.9. The number of hydrogen-bond donors (Lipinski definition) is 0. The van der Waals surface area contributed by atoms with Gasteiger partial charge < -0.3 is 9.57 Å². The van der Waals surface area contributed by atoms with Crippen LogP contribution in [0.3, 0.4) is 0 Å². The van der Waals surface area contributed by atoms with Gasteiger partial charge in [0, 0.05) is 17.5 Å². The molecule has 3 nitrogen and oxygen atoms in total. The van der Waals surface area contributed by atoms with E-state index in [0.717, 1.165) is 12.0 Å². The lowest BCUT2D eigenvalue weighted by molar-refractivity contribution is -0.0677. The SMILES string of the molecule is CCC1CC(C)(OCc2c(F)cccc2F)C(c2ccccc2)=NO1. The largest absolute Gasteiger partial charge is 0.392 e. The van der Waals surface area contributed by atoms with Crippen LogP contribution in [0.2, 0.25) is 0 Å². The van der Waals surface area contributed by atoms with Crippen LogP contribution in [0, 0.1) is 11.6 Å². The third kappa shape index (κ3) is 3.71. The van der Waals surface area contributed by atoms with Crippen molar-refractivity contribution in [3.8, 4) is 0 Å². The standard InChI is InChI=1S/C20H21F2NO2/c1-3-15-12-20(2,19(23-25-15)14-8-5-4-6-9-14)24-13-16-17(21)10-7-11-18(16)22/h4-11,15H,3,12-13H2,1-2H3. The van der Waals surface area contributed by atoms with Gasteiger partial charge in [-0.3, -0.25) is 0 Å². The van der Waals surface area contributed by atoms with Gasteiger partial charge in [-0.1, -0.05) is 48.5 Å². The van der Waals surface area contributed by atoms with Crippen molar-refractivity contribution in [3.63, 3.8) is 0 Å². The third-order valence-corrected chi connectivity index (χ3v) is 4.51. The van der Waals surface area contributed by atoms with Crippen molar-refractivity contribution in [2.75, 3.05) is 0 Å². The first-order valence-corrected chi connectivity index (χ1v) is 8.40. The Labute approximate surface area is 146 Å². The zero-order valence-electron chi connectivity index (χ0n) is 14.3. The van der Waals surface area contributed by atoms with Crippen LogP contribution in [0.4, 0.5) is 8.78 Å². The van der Waals surface area contributed by atoms with E-state index in [9.17, 15) is 8.78 Å². The van der Waals surface area contributed by atoms with Crippen molar-refractivity contribution >= 4 is 5.71 Å². The van der Waals surface area contributed by atoms with Gasteiger partial charge in [-0.2, -0.15) is 0 Å². The average molecular weight is 345 g/mol. The molecule has 5 heteroatoms. The molecule has 0 saturated carbocycles. The van der Waals surface area contributed by atoms with E-state index in [2.05, 4.69) is 5.16 Å². The zero-order valence-corrected chi connectivity index (χ0v) is 14.3. The molecule has 0 radical (unpaired) electrons. The summed E-state index contributed by atoms with van der Waals surface area (Å²) in [4.78, 5) is 5.55. The highest BCUT2D eigenvalue weighted by molar-refractivity contribution is 6.06. The number of rotatable bonds is 5. The van der Waals surface area contributed by atoms with Gasteiger partial charge in [0.05, 0.1) is 6.61 Å². The molecule has 0 amide bonds. The van der Waals surface area contributed by atoms with E-state index in [-0.39, 0.29) is 18.3 Å². The van der Waals surface area contributed by atoms with E-state index in [1.807, 2.05) is 44.2 Å². The van der Waals surface area contributed by atoms with Gasteiger partial charge in [0.2, 0.25) is 0 Å². The van der Waals surface area contributed by atoms with Crippen molar-refractivity contribution in [3.05, 3.63) is 71.3 Å². The Hall–Kier alpha value is -2.27. The van der Waals surface area contributed by atoms with Crippen LogP contribution in [0.25, 0.3) is 0 Å². The highest BCUT2D eigenvalue weighted by atomic mass is 19.1. The Balaban J connectivity index is 1.89. The van der Waals surface area contributed by atoms with E-state index in [0.29, 0.717) is 12.1 Å². The van der Waals surface area contributed by atoms with Crippen molar-refractivity contribution in [1.82, 2.24) is 0 Å². The lowest BCUT2D eigenvalue weighted by Crippen LogP contribution is -2.45. The smallest absolute Gasteiger partial charge is 0.131 e. The third-order valence-electron chi connectivity index (χ3n) is 4.51. The van der Waals surface area contributed by atoms with Gasteiger partial charge in [0.15, 0.2) is 0 Å². The molecule has 0 saturated heterocycles. The monoisotopic (exact) mass is 345 g/mol. The summed E-state index contributed by atoms with van der Waals surface area (Å²) in [5.74, 6) is -1.22. The maximum absolute atomic E-state index is 13.9. The molecule has 2 atom stereocenters. The summed E-state index contributed by atoms with van der Waals surface area (Å²) in [6.45, 7) is 3.73. The zero-order chi connectivity index (χ0) is 17.9. The topological polar surface area (TPSA) is 30.8 Å². The van der Waals surface area contributed by atoms with Crippen LogP contribution in [-0.4, -0.2) is 17.4 Å². The predicted octanol–water partition coefficient (Wildman–Crippen LogP) is 4.84. The molecule has 1 aliphatic heterocycles. The quantitative estimate of drug-likeness (QED) is 0.776. The highest BCUT2D eigenvalue weighted by Crippen LogP contribution is 2.32. The van der Waals surface area contributed by atoms with Crippen molar-refractivity contribution < 1.29 is 18.4 Å². The molecule has 2 aromatic rings. The lowest BCUT2D eigenvalue weighted by atomic mass is 9.86. The Morgan fingerprint density at radius 3 is 2.44 bits per heavy atom. The second-order valence-corrected chi connectivity index (χ2v) is 6.37. The minimum absolute atomic E-state index is 0.0734. The van der Waals surface area contributed by atoms with Gasteiger partial charge in [0.25, 0.3) is 0 Å². The average Bonchev–Trinajstić information content (AvgIpc) is 2.62. The molecule has 3 rings (SSSR count). The molecule has 0 N–H and O–H groups in total. The van der Waals surface area contributed by atoms with Crippen LogP contribution < -0.4 is 0 Å². The number of ether oxygens (including phenoxy) is 1. The van der Waals surface area contributed by atoms with E-state index in [1.165, 1.54) is 18.2 Å². The van der Waals surface area contributed by atoms with Crippen LogP contribution in [0.5, 0.6) is 0 Å². The van der Waals surface area contributed by atoms with Crippen molar-refractivity contribution in [1.29, 1.82) is 0 Å². The molecule has 0 bridgehead atoms. The molecule has 132 valence electrons. The highest BCUT2D eigenvalue weighted by Gasteiger charge is 2.40. The van der Waals surface area contributed by atoms with Gasteiger partial charge in [-0.25, -0.2) is 8.78 Å². The van der Waals surface area contributed by atoms with Gasteiger partial charge in [-0.05, 0) is 25.5 Å². The Morgan fingerprint density at radius 1 is 1.12 bits per heavy atom. The minimum atomic E-state index is -0.797. The molecule has 1 aliphatic rings. The van der Waals surface area contributed by atoms with Gasteiger partial charge in [-0.15, -0.1) is 0 Å². The summed E-state index contributed by atoms with van der Waals surface area (Å²) < 4.78 is 33.9. The summed E-state index contributed by atoms with van der Waals surface area (Å²) in [6, 6.07) is 13.4. The molecule has 0 fully saturated rings. The summed E-state index contributed by atoms with van der Waals surface area (Å²) >= 11 is 0. The summed E-state index contributed by atoms with van der Waals surface area (Å²) in [6.07, 6.45) is 1.24. The molecule has 1 heterocycles. The summed E-state index contributed by atoms with van der Waals surface area (Å²) in [5, 5.41) is 4.27. The summed E-state index contributed by atoms with van der Waals surface area (Å²) in [5.41, 5.74) is 0.633. The van der Waals surface area contributed by atoms with Crippen LogP contribution in [-0.2, 0) is 16.2 Å². The number of hydrogen-bond acceptors (Lipinski definition) is 3. The molecule has 2 unspecified atom stereocenters. The van der Waals surface area contributed by atoms with Crippen molar-refractivity contribution in [2.45, 2.75) is 45.0 Å². The van der Waals surface area contributed by atoms with Crippen molar-refractivity contribution in [2.24, 2.45) is 5.16 Å². The predicted molar refractivity (Wildman–Crippen MR) is 92.3 cm³/mol. The first-order valence-electron chi connectivity index (χ1n) is 8.40. The fourth-order valence-corrected chi connectivity index (χ4v) is 2.99. The maximum Gasteiger partial charge on any atom is 0.131 e. The fourth-order valence-electron chi connectivity index (χ4n) is 2.99. The normalized spacial score (nSPS) is 23.0. The Morgan fingerprint density at radius 2 is 1.80 bits per heavy atom. The van der Waals surface area contributed by atoms with E-state index >= 15 is 0 Å². The Bertz CT molecular complexity index is 743. The molecule has 0 spiro atoms. The fraction of sp³-hybridized carbons (Fsp3) is 0.350. The van der Waals surface area contributed by atoms with Crippen LogP contribution in [0.15, 0.2) is 53.7 Å². The van der Waals surface area contributed by atoms with E-state index in [1.54, 1.807) is 0 Å². The van der Waals surface area contributed by atoms with E-state index in [4.69, 9.17) is 9.57 Å². The van der Waals surface area contributed by atoms with Gasteiger partial charge >= 0.3 is 0 Å². The Kier molecular flexibility index (Phi) is 5.13. The number of nitrogens with zero attached hydrogens (tertiary/aromatic N) is 1. The number of benzene rings is 2.